The van der Waals surface area contributed by atoms with Crippen LogP contribution in [-0.2, 0) is 0 Å². The Morgan fingerprint density at radius 2 is 0.920 bits per heavy atom. The molecule has 0 N–H and O–H groups in total. The van der Waals surface area contributed by atoms with Crippen molar-refractivity contribution in [2.75, 3.05) is 39.3 Å². The smallest absolute Gasteiger partial charge is 0.00138 e. The summed E-state index contributed by atoms with van der Waals surface area (Å²) in [5.41, 5.74) is 1.03. The van der Waals surface area contributed by atoms with Crippen molar-refractivity contribution in [2.24, 2.45) is 10.8 Å². The SMILES string of the molecule is CC(C)(C)CCCN1CCCCC1.CC(C)(C)CCN1CCCCC1. The summed E-state index contributed by atoms with van der Waals surface area (Å²) in [6, 6.07) is 0. The third kappa shape index (κ3) is 13.7. The number of rotatable bonds is 5. The molecular weight excluding hydrogens is 304 g/mol. The molecule has 2 rings (SSSR count). The van der Waals surface area contributed by atoms with E-state index in [1.54, 1.807) is 0 Å². The lowest BCUT2D eigenvalue weighted by Crippen LogP contribution is -2.32. The van der Waals surface area contributed by atoms with Gasteiger partial charge in [0.1, 0.15) is 0 Å². The molecule has 0 spiro atoms. The summed E-state index contributed by atoms with van der Waals surface area (Å²) in [5, 5.41) is 0. The first kappa shape index (κ1) is 23.0. The zero-order valence-electron chi connectivity index (χ0n) is 18.5. The van der Waals surface area contributed by atoms with Crippen LogP contribution in [0.4, 0.5) is 0 Å². The fourth-order valence-corrected chi connectivity index (χ4v) is 3.69. The minimum absolute atomic E-state index is 0.511. The first-order valence-corrected chi connectivity index (χ1v) is 11.1. The van der Waals surface area contributed by atoms with Crippen molar-refractivity contribution < 1.29 is 0 Å². The minimum Gasteiger partial charge on any atom is -0.303 e. The molecule has 0 aliphatic carbocycles. The van der Waals surface area contributed by atoms with Gasteiger partial charge in [-0.1, -0.05) is 54.4 Å². The first-order chi connectivity index (χ1) is 11.7. The molecule has 0 amide bonds. The van der Waals surface area contributed by atoms with Crippen LogP contribution in [0.2, 0.25) is 0 Å². The Kier molecular flexibility index (Phi) is 10.6. The van der Waals surface area contributed by atoms with Crippen LogP contribution >= 0.6 is 0 Å². The molecule has 2 fully saturated rings. The van der Waals surface area contributed by atoms with Crippen molar-refractivity contribution in [3.8, 4) is 0 Å². The van der Waals surface area contributed by atoms with E-state index in [4.69, 9.17) is 0 Å². The van der Waals surface area contributed by atoms with Gasteiger partial charge in [-0.3, -0.25) is 0 Å². The third-order valence-corrected chi connectivity index (χ3v) is 5.48. The maximum atomic E-state index is 2.63. The predicted octanol–water partition coefficient (Wildman–Crippen LogP) is 6.21. The molecule has 2 aliphatic rings. The van der Waals surface area contributed by atoms with Gasteiger partial charge in [0.15, 0.2) is 0 Å². The molecule has 0 aromatic carbocycles. The van der Waals surface area contributed by atoms with Gasteiger partial charge in [0.05, 0.1) is 0 Å². The fraction of sp³-hybridized carbons (Fsp3) is 1.00. The number of hydrogen-bond acceptors (Lipinski definition) is 2. The summed E-state index contributed by atoms with van der Waals surface area (Å²) < 4.78 is 0. The molecule has 0 unspecified atom stereocenters. The molecule has 2 saturated heterocycles. The lowest BCUT2D eigenvalue weighted by molar-refractivity contribution is 0.196. The van der Waals surface area contributed by atoms with E-state index in [-0.39, 0.29) is 0 Å². The number of piperidine rings is 2. The van der Waals surface area contributed by atoms with Crippen molar-refractivity contribution in [3.63, 3.8) is 0 Å². The van der Waals surface area contributed by atoms with E-state index in [1.807, 2.05) is 0 Å². The second kappa shape index (κ2) is 11.6. The monoisotopic (exact) mass is 352 g/mol. The summed E-state index contributed by atoms with van der Waals surface area (Å²) in [4.78, 5) is 5.25. The summed E-state index contributed by atoms with van der Waals surface area (Å²) in [6.07, 6.45) is 12.7. The summed E-state index contributed by atoms with van der Waals surface area (Å²) >= 11 is 0. The molecule has 0 radical (unpaired) electrons. The molecular formula is C23H48N2. The Balaban J connectivity index is 0.000000251. The van der Waals surface area contributed by atoms with Crippen LogP contribution in [0, 0.1) is 10.8 Å². The Hall–Kier alpha value is -0.0800. The van der Waals surface area contributed by atoms with Gasteiger partial charge in [0.25, 0.3) is 0 Å². The van der Waals surface area contributed by atoms with E-state index in [0.717, 1.165) is 0 Å². The molecule has 0 saturated carbocycles. The van der Waals surface area contributed by atoms with Crippen LogP contribution in [0.5, 0.6) is 0 Å². The summed E-state index contributed by atoms with van der Waals surface area (Å²) in [5.74, 6) is 0. The van der Waals surface area contributed by atoms with Gasteiger partial charge in [0.2, 0.25) is 0 Å². The Morgan fingerprint density at radius 3 is 1.32 bits per heavy atom. The standard InChI is InChI=1S/C12H25N.C11H23N/c1-12(2,3)8-7-11-13-9-5-4-6-10-13;1-11(2,3)7-10-12-8-5-4-6-9-12/h4-11H2,1-3H3;4-10H2,1-3H3. The zero-order chi connectivity index (χ0) is 18.8. The van der Waals surface area contributed by atoms with Gasteiger partial charge in [-0.05, 0) is 95.0 Å². The van der Waals surface area contributed by atoms with E-state index in [2.05, 4.69) is 51.3 Å². The maximum Gasteiger partial charge on any atom is -0.00138 e. The van der Waals surface area contributed by atoms with E-state index in [1.165, 1.54) is 97.1 Å². The maximum absolute atomic E-state index is 2.63. The zero-order valence-corrected chi connectivity index (χ0v) is 18.5. The highest BCUT2D eigenvalue weighted by molar-refractivity contribution is 4.69. The normalized spacial score (nSPS) is 20.9. The van der Waals surface area contributed by atoms with Gasteiger partial charge in [-0.15, -0.1) is 0 Å². The average molecular weight is 353 g/mol. The molecule has 0 aromatic heterocycles. The van der Waals surface area contributed by atoms with Crippen molar-refractivity contribution >= 4 is 0 Å². The van der Waals surface area contributed by atoms with Crippen molar-refractivity contribution in [1.29, 1.82) is 0 Å². The first-order valence-electron chi connectivity index (χ1n) is 11.1. The highest BCUT2D eigenvalue weighted by atomic mass is 15.1. The highest BCUT2D eigenvalue weighted by Crippen LogP contribution is 2.21. The fourth-order valence-electron chi connectivity index (χ4n) is 3.69. The van der Waals surface area contributed by atoms with Gasteiger partial charge in [0, 0.05) is 0 Å². The lowest BCUT2D eigenvalue weighted by Gasteiger charge is -2.29. The van der Waals surface area contributed by atoms with Crippen LogP contribution in [0.1, 0.15) is 99.3 Å². The van der Waals surface area contributed by atoms with Crippen molar-refractivity contribution in [1.82, 2.24) is 9.80 Å². The van der Waals surface area contributed by atoms with Crippen LogP contribution in [0.15, 0.2) is 0 Å². The predicted molar refractivity (Wildman–Crippen MR) is 113 cm³/mol. The van der Waals surface area contributed by atoms with Crippen LogP contribution < -0.4 is 0 Å². The van der Waals surface area contributed by atoms with Gasteiger partial charge in [-0.2, -0.15) is 0 Å². The van der Waals surface area contributed by atoms with Gasteiger partial charge >= 0.3 is 0 Å². The Bertz CT molecular complexity index is 312. The molecule has 0 bridgehead atoms. The van der Waals surface area contributed by atoms with Gasteiger partial charge in [-0.25, -0.2) is 0 Å². The van der Waals surface area contributed by atoms with Crippen LogP contribution in [0.25, 0.3) is 0 Å². The van der Waals surface area contributed by atoms with Gasteiger partial charge < -0.3 is 9.80 Å². The molecule has 150 valence electrons. The molecule has 0 aromatic rings. The number of nitrogens with zero attached hydrogens (tertiary/aromatic N) is 2. The average Bonchev–Trinajstić information content (AvgIpc) is 2.54. The van der Waals surface area contributed by atoms with Crippen molar-refractivity contribution in [3.05, 3.63) is 0 Å². The number of likely N-dealkylation sites (tertiary alicyclic amines) is 2. The topological polar surface area (TPSA) is 6.48 Å². The Morgan fingerprint density at radius 1 is 0.520 bits per heavy atom. The third-order valence-electron chi connectivity index (χ3n) is 5.48. The van der Waals surface area contributed by atoms with E-state index < -0.39 is 0 Å². The molecule has 2 heteroatoms. The van der Waals surface area contributed by atoms with Crippen molar-refractivity contribution in [2.45, 2.75) is 99.3 Å². The minimum atomic E-state index is 0.511. The van der Waals surface area contributed by atoms with Crippen LogP contribution in [0.3, 0.4) is 0 Å². The highest BCUT2D eigenvalue weighted by Gasteiger charge is 2.15. The molecule has 0 atom stereocenters. The van der Waals surface area contributed by atoms with E-state index in [0.29, 0.717) is 10.8 Å². The molecule has 2 heterocycles. The molecule has 2 nitrogen and oxygen atoms in total. The Labute approximate surface area is 159 Å². The summed E-state index contributed by atoms with van der Waals surface area (Å²) in [7, 11) is 0. The van der Waals surface area contributed by atoms with Crippen LogP contribution in [-0.4, -0.2) is 49.1 Å². The largest absolute Gasteiger partial charge is 0.303 e. The second-order valence-electron chi connectivity index (χ2n) is 10.8. The van der Waals surface area contributed by atoms with E-state index >= 15 is 0 Å². The lowest BCUT2D eigenvalue weighted by atomic mass is 9.90. The molecule has 2 aliphatic heterocycles. The second-order valence-corrected chi connectivity index (χ2v) is 10.8. The quantitative estimate of drug-likeness (QED) is 0.580. The molecule has 25 heavy (non-hydrogen) atoms. The summed E-state index contributed by atoms with van der Waals surface area (Å²) in [6.45, 7) is 22.0. The van der Waals surface area contributed by atoms with E-state index in [9.17, 15) is 0 Å². The number of hydrogen-bond donors (Lipinski definition) is 0.